The van der Waals surface area contributed by atoms with Crippen LogP contribution in [0.4, 0.5) is 0 Å². The molecule has 3 aromatic rings. The van der Waals surface area contributed by atoms with Crippen molar-refractivity contribution < 1.29 is 4.79 Å². The Bertz CT molecular complexity index is 933. The van der Waals surface area contributed by atoms with Crippen molar-refractivity contribution >= 4 is 5.91 Å². The number of carbonyl (C=O) groups is 1. The van der Waals surface area contributed by atoms with E-state index in [9.17, 15) is 4.79 Å². The average molecular weight is 347 g/mol. The summed E-state index contributed by atoms with van der Waals surface area (Å²) in [5.74, 6) is 1.38. The minimum atomic E-state index is 0.0127. The Balaban J connectivity index is 1.54. The number of nitrogens with one attached hydrogen (secondary N) is 1. The van der Waals surface area contributed by atoms with Gasteiger partial charge in [-0.2, -0.15) is 5.10 Å². The van der Waals surface area contributed by atoms with Crippen LogP contribution in [0.3, 0.4) is 0 Å². The van der Waals surface area contributed by atoms with Crippen molar-refractivity contribution in [3.05, 3.63) is 65.5 Å². The minimum absolute atomic E-state index is 0.0127. The molecule has 0 saturated heterocycles. The van der Waals surface area contributed by atoms with E-state index < -0.39 is 0 Å². The van der Waals surface area contributed by atoms with E-state index in [1.165, 1.54) is 0 Å². The summed E-state index contributed by atoms with van der Waals surface area (Å²) >= 11 is 0. The Morgan fingerprint density at radius 1 is 1.23 bits per heavy atom. The molecule has 1 aliphatic heterocycles. The maximum Gasteiger partial charge on any atom is 0.254 e. The standard InChI is InChI=1S/C20H21N5O/c1-13(2)6-19-21-8-17-11-25(12-18(17)24-19)20(26)15-5-3-4-14(7-15)16-9-22-23-10-16/h3-5,7-10,13H,6,11-12H2,1-2H3,(H,22,23). The summed E-state index contributed by atoms with van der Waals surface area (Å²) in [6.07, 6.45) is 6.30. The van der Waals surface area contributed by atoms with Crippen LogP contribution in [0.15, 0.2) is 42.9 Å². The minimum Gasteiger partial charge on any atom is -0.328 e. The number of aromatic nitrogens is 4. The highest BCUT2D eigenvalue weighted by atomic mass is 16.2. The van der Waals surface area contributed by atoms with Crippen LogP contribution in [0, 0.1) is 5.92 Å². The second-order valence-electron chi connectivity index (χ2n) is 7.09. The summed E-state index contributed by atoms with van der Waals surface area (Å²) in [6, 6.07) is 7.64. The maximum atomic E-state index is 13.0. The molecule has 26 heavy (non-hydrogen) atoms. The van der Waals surface area contributed by atoms with Crippen LogP contribution in [0.2, 0.25) is 0 Å². The maximum absolute atomic E-state index is 13.0. The number of H-pyrrole nitrogens is 1. The van der Waals surface area contributed by atoms with E-state index in [0.29, 0.717) is 24.6 Å². The summed E-state index contributed by atoms with van der Waals surface area (Å²) in [4.78, 5) is 23.9. The van der Waals surface area contributed by atoms with Gasteiger partial charge in [-0.05, 0) is 23.6 Å². The Morgan fingerprint density at radius 2 is 2.12 bits per heavy atom. The first-order valence-corrected chi connectivity index (χ1v) is 8.82. The zero-order valence-corrected chi connectivity index (χ0v) is 14.9. The Labute approximate surface area is 152 Å². The van der Waals surface area contributed by atoms with Gasteiger partial charge in [0.15, 0.2) is 0 Å². The van der Waals surface area contributed by atoms with Gasteiger partial charge in [0, 0.05) is 42.0 Å². The fourth-order valence-corrected chi connectivity index (χ4v) is 3.22. The molecular formula is C20H21N5O. The first kappa shape index (κ1) is 16.4. The lowest BCUT2D eigenvalue weighted by atomic mass is 10.1. The summed E-state index contributed by atoms with van der Waals surface area (Å²) in [6.45, 7) is 5.41. The Morgan fingerprint density at radius 3 is 2.88 bits per heavy atom. The fourth-order valence-electron chi connectivity index (χ4n) is 3.22. The normalized spacial score (nSPS) is 13.3. The highest BCUT2D eigenvalue weighted by molar-refractivity contribution is 5.95. The highest BCUT2D eigenvalue weighted by Gasteiger charge is 2.26. The fraction of sp³-hybridized carbons (Fsp3) is 0.300. The molecule has 0 spiro atoms. The lowest BCUT2D eigenvalue weighted by Gasteiger charge is -2.15. The lowest BCUT2D eigenvalue weighted by molar-refractivity contribution is 0.0750. The third-order valence-electron chi connectivity index (χ3n) is 4.53. The molecule has 0 unspecified atom stereocenters. The molecule has 4 rings (SSSR count). The van der Waals surface area contributed by atoms with E-state index in [4.69, 9.17) is 0 Å². The summed E-state index contributed by atoms with van der Waals surface area (Å²) in [5.41, 5.74) is 4.62. The quantitative estimate of drug-likeness (QED) is 0.786. The molecule has 0 bridgehead atoms. The lowest BCUT2D eigenvalue weighted by Crippen LogP contribution is -2.25. The molecule has 6 nitrogen and oxygen atoms in total. The predicted octanol–water partition coefficient (Wildman–Crippen LogP) is 3.22. The molecule has 0 atom stereocenters. The van der Waals surface area contributed by atoms with Gasteiger partial charge >= 0.3 is 0 Å². The SMILES string of the molecule is CC(C)Cc1ncc2c(n1)CN(C(=O)c1cccc(-c3cn[nH]c3)c1)C2. The van der Waals surface area contributed by atoms with Crippen molar-refractivity contribution in [2.45, 2.75) is 33.4 Å². The monoisotopic (exact) mass is 347 g/mol. The smallest absolute Gasteiger partial charge is 0.254 e. The van der Waals surface area contributed by atoms with Crippen molar-refractivity contribution in [3.63, 3.8) is 0 Å². The van der Waals surface area contributed by atoms with E-state index >= 15 is 0 Å². The topological polar surface area (TPSA) is 74.8 Å². The molecule has 1 N–H and O–H groups in total. The van der Waals surface area contributed by atoms with Crippen LogP contribution in [0.1, 0.15) is 41.3 Å². The van der Waals surface area contributed by atoms with E-state index in [1.807, 2.05) is 41.6 Å². The van der Waals surface area contributed by atoms with E-state index in [1.54, 1.807) is 6.20 Å². The Kier molecular flexibility index (Phi) is 4.24. The highest BCUT2D eigenvalue weighted by Crippen LogP contribution is 2.25. The van der Waals surface area contributed by atoms with Crippen molar-refractivity contribution in [3.8, 4) is 11.1 Å². The molecule has 0 fully saturated rings. The number of amides is 1. The number of hydrogen-bond acceptors (Lipinski definition) is 4. The van der Waals surface area contributed by atoms with Gasteiger partial charge < -0.3 is 4.90 Å². The van der Waals surface area contributed by atoms with Gasteiger partial charge in [-0.3, -0.25) is 9.89 Å². The molecule has 3 heterocycles. The van der Waals surface area contributed by atoms with Crippen LogP contribution < -0.4 is 0 Å². The van der Waals surface area contributed by atoms with Gasteiger partial charge in [-0.1, -0.05) is 26.0 Å². The molecule has 132 valence electrons. The molecule has 1 aliphatic rings. The van der Waals surface area contributed by atoms with Crippen molar-refractivity contribution in [1.82, 2.24) is 25.1 Å². The molecule has 1 aromatic carbocycles. The summed E-state index contributed by atoms with van der Waals surface area (Å²) < 4.78 is 0. The van der Waals surface area contributed by atoms with Crippen molar-refractivity contribution in [2.75, 3.05) is 0 Å². The van der Waals surface area contributed by atoms with Gasteiger partial charge in [-0.15, -0.1) is 0 Å². The second kappa shape index (κ2) is 6.71. The molecular weight excluding hydrogens is 326 g/mol. The van der Waals surface area contributed by atoms with E-state index in [-0.39, 0.29) is 5.91 Å². The molecule has 0 aliphatic carbocycles. The van der Waals surface area contributed by atoms with Crippen LogP contribution >= 0.6 is 0 Å². The van der Waals surface area contributed by atoms with E-state index in [2.05, 4.69) is 34.0 Å². The molecule has 6 heteroatoms. The number of hydrogen-bond donors (Lipinski definition) is 1. The number of aromatic amines is 1. The van der Waals surface area contributed by atoms with Crippen molar-refractivity contribution in [2.24, 2.45) is 5.92 Å². The third-order valence-corrected chi connectivity index (χ3v) is 4.53. The average Bonchev–Trinajstić information content (AvgIpc) is 3.30. The number of benzene rings is 1. The van der Waals surface area contributed by atoms with Crippen LogP contribution in [-0.2, 0) is 19.5 Å². The number of fused-ring (bicyclic) bond motifs is 1. The molecule has 1 amide bonds. The zero-order valence-electron chi connectivity index (χ0n) is 14.9. The number of carbonyl (C=O) groups excluding carboxylic acids is 1. The van der Waals surface area contributed by atoms with Crippen molar-refractivity contribution in [1.29, 1.82) is 0 Å². The van der Waals surface area contributed by atoms with E-state index in [0.717, 1.165) is 34.6 Å². The first-order chi connectivity index (χ1) is 12.6. The van der Waals surface area contributed by atoms with Crippen LogP contribution in [0.25, 0.3) is 11.1 Å². The van der Waals surface area contributed by atoms with Gasteiger partial charge in [0.2, 0.25) is 0 Å². The molecule has 0 saturated carbocycles. The molecule has 2 aromatic heterocycles. The Hall–Kier alpha value is -3.02. The predicted molar refractivity (Wildman–Crippen MR) is 98.2 cm³/mol. The number of nitrogens with zero attached hydrogens (tertiary/aromatic N) is 4. The van der Waals surface area contributed by atoms with Gasteiger partial charge in [0.1, 0.15) is 5.82 Å². The largest absolute Gasteiger partial charge is 0.328 e. The summed E-state index contributed by atoms with van der Waals surface area (Å²) in [7, 11) is 0. The van der Waals surface area contributed by atoms with Crippen LogP contribution in [0.5, 0.6) is 0 Å². The molecule has 0 radical (unpaired) electrons. The third kappa shape index (κ3) is 3.22. The number of rotatable bonds is 4. The first-order valence-electron chi connectivity index (χ1n) is 8.82. The summed E-state index contributed by atoms with van der Waals surface area (Å²) in [5, 5.41) is 6.77. The van der Waals surface area contributed by atoms with Gasteiger partial charge in [0.05, 0.1) is 18.4 Å². The zero-order chi connectivity index (χ0) is 18.1. The van der Waals surface area contributed by atoms with Gasteiger partial charge in [-0.25, -0.2) is 9.97 Å². The van der Waals surface area contributed by atoms with Gasteiger partial charge in [0.25, 0.3) is 5.91 Å². The van der Waals surface area contributed by atoms with Crippen LogP contribution in [-0.4, -0.2) is 31.0 Å². The second-order valence-corrected chi connectivity index (χ2v) is 7.09.